The van der Waals surface area contributed by atoms with Gasteiger partial charge in [-0.05, 0) is 55.2 Å². The maximum atomic E-state index is 12.8. The Bertz CT molecular complexity index is 955. The topological polar surface area (TPSA) is 79.5 Å². The maximum Gasteiger partial charge on any atom is 0.261 e. The number of anilines is 1. The van der Waals surface area contributed by atoms with Crippen LogP contribution in [0.2, 0.25) is 0 Å². The first-order valence-electron chi connectivity index (χ1n) is 11.2. The lowest BCUT2D eigenvalue weighted by Gasteiger charge is -2.23. The van der Waals surface area contributed by atoms with E-state index in [1.807, 2.05) is 32.0 Å². The van der Waals surface area contributed by atoms with Crippen molar-refractivity contribution in [3.63, 3.8) is 0 Å². The molecule has 1 saturated carbocycles. The molecule has 0 spiro atoms. The highest BCUT2D eigenvalue weighted by atomic mass is 32.1. The van der Waals surface area contributed by atoms with Gasteiger partial charge in [-0.15, -0.1) is 0 Å². The molecule has 0 saturated heterocycles. The van der Waals surface area contributed by atoms with Crippen LogP contribution in [-0.2, 0) is 0 Å². The number of benzene rings is 2. The molecule has 2 aromatic rings. The quantitative estimate of drug-likeness (QED) is 0.519. The Balaban J connectivity index is 1.64. The molecule has 0 radical (unpaired) electrons. The van der Waals surface area contributed by atoms with Gasteiger partial charge >= 0.3 is 0 Å². The number of thiocarbonyl (C=S) groups is 1. The number of ether oxygens (including phenoxy) is 1. The summed E-state index contributed by atoms with van der Waals surface area (Å²) < 4.78 is 5.76. The molecule has 1 aliphatic carbocycles. The van der Waals surface area contributed by atoms with Crippen LogP contribution in [0.1, 0.15) is 66.7 Å². The third-order valence-electron chi connectivity index (χ3n) is 5.29. The van der Waals surface area contributed by atoms with Gasteiger partial charge in [-0.3, -0.25) is 14.9 Å². The number of nitrogens with one attached hydrogen (secondary N) is 3. The summed E-state index contributed by atoms with van der Waals surface area (Å²) in [5, 5.41) is 8.92. The first-order valence-corrected chi connectivity index (χ1v) is 11.6. The standard InChI is InChI=1S/C25H31N3O3S/c1-17(2)16-31-22-15-9-7-13-20(22)24(30)28-25(32)27-21-14-8-6-12-19(21)23(29)26-18-10-4-3-5-11-18/h6-9,12-15,17-18H,3-5,10-11,16H2,1-2H3,(H,26,29)(H2,27,28,30,32). The lowest BCUT2D eigenvalue weighted by molar-refractivity contribution is 0.0927. The van der Waals surface area contributed by atoms with Crippen LogP contribution in [0.3, 0.4) is 0 Å². The van der Waals surface area contributed by atoms with Crippen molar-refractivity contribution in [2.24, 2.45) is 5.92 Å². The molecule has 0 unspecified atom stereocenters. The van der Waals surface area contributed by atoms with E-state index in [1.54, 1.807) is 30.3 Å². The van der Waals surface area contributed by atoms with E-state index in [0.29, 0.717) is 35.1 Å². The highest BCUT2D eigenvalue weighted by molar-refractivity contribution is 7.80. The van der Waals surface area contributed by atoms with Crippen molar-refractivity contribution in [1.82, 2.24) is 10.6 Å². The molecule has 3 N–H and O–H groups in total. The Morgan fingerprint density at radius 1 is 0.969 bits per heavy atom. The Morgan fingerprint density at radius 3 is 2.34 bits per heavy atom. The molecule has 0 aliphatic heterocycles. The maximum absolute atomic E-state index is 12.8. The van der Waals surface area contributed by atoms with Gasteiger partial charge in [-0.25, -0.2) is 0 Å². The Kier molecular flexibility index (Phi) is 8.62. The number of hydrogen-bond acceptors (Lipinski definition) is 4. The van der Waals surface area contributed by atoms with E-state index in [4.69, 9.17) is 17.0 Å². The summed E-state index contributed by atoms with van der Waals surface area (Å²) >= 11 is 5.35. The van der Waals surface area contributed by atoms with Gasteiger partial charge in [-0.1, -0.05) is 57.4 Å². The van der Waals surface area contributed by atoms with Crippen LogP contribution in [-0.4, -0.2) is 29.6 Å². The fraction of sp³-hybridized carbons (Fsp3) is 0.400. The minimum Gasteiger partial charge on any atom is -0.492 e. The lowest BCUT2D eigenvalue weighted by Crippen LogP contribution is -2.38. The minimum absolute atomic E-state index is 0.117. The van der Waals surface area contributed by atoms with Crippen molar-refractivity contribution in [1.29, 1.82) is 0 Å². The third-order valence-corrected chi connectivity index (χ3v) is 5.50. The van der Waals surface area contributed by atoms with Gasteiger partial charge in [0.25, 0.3) is 11.8 Å². The first kappa shape index (κ1) is 23.7. The zero-order chi connectivity index (χ0) is 22.9. The van der Waals surface area contributed by atoms with E-state index in [2.05, 4.69) is 16.0 Å². The van der Waals surface area contributed by atoms with Crippen LogP contribution in [0.25, 0.3) is 0 Å². The summed E-state index contributed by atoms with van der Waals surface area (Å²) in [5.74, 6) is 0.339. The zero-order valence-electron chi connectivity index (χ0n) is 18.6. The van der Waals surface area contributed by atoms with Crippen molar-refractivity contribution in [3.8, 4) is 5.75 Å². The number of hydrogen-bond donors (Lipinski definition) is 3. The van der Waals surface area contributed by atoms with E-state index in [1.165, 1.54) is 6.42 Å². The summed E-state index contributed by atoms with van der Waals surface area (Å²) in [6.07, 6.45) is 5.53. The second-order valence-corrected chi connectivity index (χ2v) is 8.87. The highest BCUT2D eigenvalue weighted by Crippen LogP contribution is 2.21. The van der Waals surface area contributed by atoms with Crippen LogP contribution in [0.4, 0.5) is 5.69 Å². The molecule has 2 aromatic carbocycles. The molecule has 170 valence electrons. The smallest absolute Gasteiger partial charge is 0.261 e. The van der Waals surface area contributed by atoms with E-state index < -0.39 is 0 Å². The fourth-order valence-electron chi connectivity index (χ4n) is 3.66. The molecular weight excluding hydrogens is 422 g/mol. The van der Waals surface area contributed by atoms with Gasteiger partial charge in [0, 0.05) is 6.04 Å². The summed E-state index contributed by atoms with van der Waals surface area (Å²) in [7, 11) is 0. The van der Waals surface area contributed by atoms with Crippen molar-refractivity contribution >= 4 is 34.8 Å². The lowest BCUT2D eigenvalue weighted by atomic mass is 9.95. The molecule has 1 fully saturated rings. The van der Waals surface area contributed by atoms with E-state index in [9.17, 15) is 9.59 Å². The zero-order valence-corrected chi connectivity index (χ0v) is 19.5. The molecule has 32 heavy (non-hydrogen) atoms. The van der Waals surface area contributed by atoms with Crippen LogP contribution in [0.15, 0.2) is 48.5 Å². The van der Waals surface area contributed by atoms with Crippen molar-refractivity contribution in [2.75, 3.05) is 11.9 Å². The van der Waals surface area contributed by atoms with Gasteiger partial charge in [-0.2, -0.15) is 0 Å². The number of carbonyl (C=O) groups excluding carboxylic acids is 2. The van der Waals surface area contributed by atoms with Gasteiger partial charge in [0.2, 0.25) is 0 Å². The van der Waals surface area contributed by atoms with E-state index >= 15 is 0 Å². The number of amides is 2. The second-order valence-electron chi connectivity index (χ2n) is 8.46. The minimum atomic E-state index is -0.369. The van der Waals surface area contributed by atoms with Crippen molar-refractivity contribution < 1.29 is 14.3 Å². The molecule has 0 atom stereocenters. The average Bonchev–Trinajstić information content (AvgIpc) is 2.78. The molecule has 0 heterocycles. The Morgan fingerprint density at radius 2 is 1.62 bits per heavy atom. The predicted octanol–water partition coefficient (Wildman–Crippen LogP) is 4.91. The summed E-state index contributed by atoms with van der Waals surface area (Å²) in [6.45, 7) is 4.60. The van der Waals surface area contributed by atoms with Gasteiger partial charge < -0.3 is 15.4 Å². The molecule has 2 amide bonds. The average molecular weight is 454 g/mol. The van der Waals surface area contributed by atoms with Crippen LogP contribution < -0.4 is 20.7 Å². The second kappa shape index (κ2) is 11.6. The Hall–Kier alpha value is -2.93. The van der Waals surface area contributed by atoms with Gasteiger partial charge in [0.15, 0.2) is 5.11 Å². The molecule has 7 heteroatoms. The monoisotopic (exact) mass is 453 g/mol. The highest BCUT2D eigenvalue weighted by Gasteiger charge is 2.19. The van der Waals surface area contributed by atoms with E-state index in [0.717, 1.165) is 25.7 Å². The summed E-state index contributed by atoms with van der Waals surface area (Å²) in [6, 6.07) is 14.4. The largest absolute Gasteiger partial charge is 0.492 e. The summed E-state index contributed by atoms with van der Waals surface area (Å²) in [4.78, 5) is 25.6. The number of para-hydroxylation sites is 2. The van der Waals surface area contributed by atoms with Gasteiger partial charge in [0.1, 0.15) is 5.75 Å². The normalized spacial score (nSPS) is 14.0. The van der Waals surface area contributed by atoms with Crippen LogP contribution in [0.5, 0.6) is 5.75 Å². The molecule has 0 aromatic heterocycles. The Labute approximate surface area is 195 Å². The SMILES string of the molecule is CC(C)COc1ccccc1C(=O)NC(=S)Nc1ccccc1C(=O)NC1CCCCC1. The van der Waals surface area contributed by atoms with Crippen molar-refractivity contribution in [3.05, 3.63) is 59.7 Å². The summed E-state index contributed by atoms with van der Waals surface area (Å²) in [5.41, 5.74) is 1.45. The third kappa shape index (κ3) is 6.79. The fourth-order valence-corrected chi connectivity index (χ4v) is 3.86. The number of rotatable bonds is 7. The van der Waals surface area contributed by atoms with Crippen molar-refractivity contribution in [2.45, 2.75) is 52.0 Å². The van der Waals surface area contributed by atoms with Crippen LogP contribution in [0, 0.1) is 5.92 Å². The molecule has 0 bridgehead atoms. The number of carbonyl (C=O) groups is 2. The molecule has 6 nitrogen and oxygen atoms in total. The molecular formula is C25H31N3O3S. The van der Waals surface area contributed by atoms with Gasteiger partial charge in [0.05, 0.1) is 23.4 Å². The first-order chi connectivity index (χ1) is 15.4. The van der Waals surface area contributed by atoms with Crippen LogP contribution >= 0.6 is 12.2 Å². The molecule has 1 aliphatic rings. The van der Waals surface area contributed by atoms with E-state index in [-0.39, 0.29) is 23.0 Å². The molecule has 3 rings (SSSR count). The predicted molar refractivity (Wildman–Crippen MR) is 131 cm³/mol.